The molecule has 0 radical (unpaired) electrons. The number of hydrogen-bond acceptors (Lipinski definition) is 4. The van der Waals surface area contributed by atoms with Gasteiger partial charge in [-0.15, -0.1) is 0 Å². The summed E-state index contributed by atoms with van der Waals surface area (Å²) in [5.74, 6) is 0.379. The zero-order chi connectivity index (χ0) is 14.8. The van der Waals surface area contributed by atoms with Crippen LogP contribution in [0.3, 0.4) is 0 Å². The van der Waals surface area contributed by atoms with Crippen molar-refractivity contribution in [3.8, 4) is 5.75 Å². The smallest absolute Gasteiger partial charge is 0.344 e. The van der Waals surface area contributed by atoms with Crippen molar-refractivity contribution in [3.05, 3.63) is 29.8 Å². The predicted molar refractivity (Wildman–Crippen MR) is 80.0 cm³/mol. The molecule has 0 aliphatic carbocycles. The summed E-state index contributed by atoms with van der Waals surface area (Å²) in [4.78, 5) is 11.4. The number of carbonyl (C=O) groups is 1. The molecule has 0 aliphatic heterocycles. The van der Waals surface area contributed by atoms with E-state index in [0.29, 0.717) is 18.4 Å². The van der Waals surface area contributed by atoms with Crippen molar-refractivity contribution in [1.82, 2.24) is 5.32 Å². The van der Waals surface area contributed by atoms with Crippen LogP contribution in [0.15, 0.2) is 24.3 Å². The minimum atomic E-state index is -0.314. The van der Waals surface area contributed by atoms with E-state index in [9.17, 15) is 4.79 Å². The van der Waals surface area contributed by atoms with Crippen LogP contribution in [0.4, 0.5) is 0 Å². The van der Waals surface area contributed by atoms with Crippen LogP contribution in [0, 0.1) is 0 Å². The molecule has 4 heteroatoms. The molecule has 1 atom stereocenters. The van der Waals surface area contributed by atoms with Crippen LogP contribution >= 0.6 is 0 Å². The highest BCUT2D eigenvalue weighted by Crippen LogP contribution is 2.13. The normalized spacial score (nSPS) is 11.9. The summed E-state index contributed by atoms with van der Waals surface area (Å²) in [5.41, 5.74) is 1.24. The second kappa shape index (κ2) is 9.37. The summed E-state index contributed by atoms with van der Waals surface area (Å²) >= 11 is 0. The minimum absolute atomic E-state index is 0.0318. The van der Waals surface area contributed by atoms with Crippen LogP contribution < -0.4 is 10.1 Å². The van der Waals surface area contributed by atoms with E-state index in [0.717, 1.165) is 19.3 Å². The average molecular weight is 279 g/mol. The van der Waals surface area contributed by atoms with Crippen molar-refractivity contribution in [2.75, 3.05) is 20.3 Å². The second-order valence-corrected chi connectivity index (χ2v) is 4.90. The van der Waals surface area contributed by atoms with Crippen LogP contribution in [0.1, 0.15) is 32.3 Å². The SMILES string of the molecule is CCCCOC(=O)COc1ccc(CC(C)NC)cc1. The Balaban J connectivity index is 2.32. The van der Waals surface area contributed by atoms with Crippen LogP contribution in [0.5, 0.6) is 5.75 Å². The van der Waals surface area contributed by atoms with Gasteiger partial charge in [0.15, 0.2) is 6.61 Å². The van der Waals surface area contributed by atoms with Gasteiger partial charge in [0.05, 0.1) is 6.61 Å². The Kier molecular flexibility index (Phi) is 7.73. The molecule has 4 nitrogen and oxygen atoms in total. The zero-order valence-electron chi connectivity index (χ0n) is 12.6. The van der Waals surface area contributed by atoms with Gasteiger partial charge in [-0.25, -0.2) is 4.79 Å². The molecule has 1 rings (SSSR count). The first-order valence-electron chi connectivity index (χ1n) is 7.20. The Morgan fingerprint density at radius 2 is 2.00 bits per heavy atom. The Bertz CT molecular complexity index is 389. The van der Waals surface area contributed by atoms with Crippen molar-refractivity contribution in [3.63, 3.8) is 0 Å². The molecule has 0 saturated carbocycles. The summed E-state index contributed by atoms with van der Waals surface area (Å²) in [6.07, 6.45) is 2.88. The Hall–Kier alpha value is -1.55. The maximum Gasteiger partial charge on any atom is 0.344 e. The van der Waals surface area contributed by atoms with Gasteiger partial charge in [-0.1, -0.05) is 25.5 Å². The van der Waals surface area contributed by atoms with E-state index in [2.05, 4.69) is 19.2 Å². The van der Waals surface area contributed by atoms with Gasteiger partial charge >= 0.3 is 5.97 Å². The molecule has 0 amide bonds. The number of esters is 1. The quantitative estimate of drug-likeness (QED) is 0.557. The van der Waals surface area contributed by atoms with E-state index in [-0.39, 0.29) is 12.6 Å². The lowest BCUT2D eigenvalue weighted by atomic mass is 10.1. The van der Waals surface area contributed by atoms with Gasteiger partial charge in [0, 0.05) is 6.04 Å². The third-order valence-corrected chi connectivity index (χ3v) is 3.08. The highest BCUT2D eigenvalue weighted by molar-refractivity contribution is 5.71. The van der Waals surface area contributed by atoms with Crippen molar-refractivity contribution in [2.45, 2.75) is 39.2 Å². The third-order valence-electron chi connectivity index (χ3n) is 3.08. The number of ether oxygens (including phenoxy) is 2. The van der Waals surface area contributed by atoms with Gasteiger partial charge in [0.2, 0.25) is 0 Å². The van der Waals surface area contributed by atoms with Gasteiger partial charge in [-0.3, -0.25) is 0 Å². The fourth-order valence-corrected chi connectivity index (χ4v) is 1.69. The van der Waals surface area contributed by atoms with Crippen molar-refractivity contribution in [2.24, 2.45) is 0 Å². The first kappa shape index (κ1) is 16.5. The Morgan fingerprint density at radius 1 is 1.30 bits per heavy atom. The van der Waals surface area contributed by atoms with E-state index in [1.807, 2.05) is 31.3 Å². The number of likely N-dealkylation sites (N-methyl/N-ethyl adjacent to an activating group) is 1. The van der Waals surface area contributed by atoms with E-state index < -0.39 is 0 Å². The molecule has 0 bridgehead atoms. The molecule has 0 spiro atoms. The summed E-state index contributed by atoms with van der Waals surface area (Å²) < 4.78 is 10.4. The Labute approximate surface area is 121 Å². The number of unbranched alkanes of at least 4 members (excludes halogenated alkanes) is 1. The van der Waals surface area contributed by atoms with Crippen LogP contribution in [0.25, 0.3) is 0 Å². The van der Waals surface area contributed by atoms with E-state index in [1.165, 1.54) is 5.56 Å². The highest BCUT2D eigenvalue weighted by atomic mass is 16.6. The van der Waals surface area contributed by atoms with E-state index >= 15 is 0 Å². The second-order valence-electron chi connectivity index (χ2n) is 4.90. The van der Waals surface area contributed by atoms with Crippen LogP contribution in [-0.4, -0.2) is 32.3 Å². The standard InChI is InChI=1S/C16H25NO3/c1-4-5-10-19-16(18)12-20-15-8-6-14(7-9-15)11-13(2)17-3/h6-9,13,17H,4-5,10-12H2,1-3H3. The fraction of sp³-hybridized carbons (Fsp3) is 0.562. The lowest BCUT2D eigenvalue weighted by molar-refractivity contribution is -0.146. The molecule has 1 N–H and O–H groups in total. The maximum atomic E-state index is 11.4. The molecular formula is C16H25NO3. The van der Waals surface area contributed by atoms with Crippen molar-refractivity contribution in [1.29, 1.82) is 0 Å². The molecule has 20 heavy (non-hydrogen) atoms. The molecule has 1 aromatic carbocycles. The first-order chi connectivity index (χ1) is 9.65. The molecule has 112 valence electrons. The monoisotopic (exact) mass is 279 g/mol. The molecule has 1 unspecified atom stereocenters. The van der Waals surface area contributed by atoms with Gasteiger partial charge in [0.1, 0.15) is 5.75 Å². The molecule has 0 aliphatic rings. The Morgan fingerprint density at radius 3 is 2.60 bits per heavy atom. The molecule has 0 aromatic heterocycles. The maximum absolute atomic E-state index is 11.4. The van der Waals surface area contributed by atoms with Gasteiger partial charge in [-0.05, 0) is 44.5 Å². The highest BCUT2D eigenvalue weighted by Gasteiger charge is 2.05. The number of hydrogen-bond donors (Lipinski definition) is 1. The first-order valence-corrected chi connectivity index (χ1v) is 7.20. The zero-order valence-corrected chi connectivity index (χ0v) is 12.6. The number of nitrogens with one attached hydrogen (secondary N) is 1. The van der Waals surface area contributed by atoms with Crippen molar-refractivity contribution < 1.29 is 14.3 Å². The van der Waals surface area contributed by atoms with Crippen LogP contribution in [-0.2, 0) is 16.0 Å². The molecule has 0 fully saturated rings. The number of rotatable bonds is 9. The van der Waals surface area contributed by atoms with E-state index in [1.54, 1.807) is 0 Å². The molecular weight excluding hydrogens is 254 g/mol. The number of benzene rings is 1. The van der Waals surface area contributed by atoms with Gasteiger partial charge in [0.25, 0.3) is 0 Å². The average Bonchev–Trinajstić information content (AvgIpc) is 2.46. The summed E-state index contributed by atoms with van der Waals surface area (Å²) in [7, 11) is 1.95. The molecule has 0 saturated heterocycles. The number of carbonyl (C=O) groups excluding carboxylic acids is 1. The lowest BCUT2D eigenvalue weighted by Gasteiger charge is -2.11. The summed E-state index contributed by atoms with van der Waals surface area (Å²) in [6.45, 7) is 4.63. The minimum Gasteiger partial charge on any atom is -0.482 e. The van der Waals surface area contributed by atoms with Gasteiger partial charge in [-0.2, -0.15) is 0 Å². The predicted octanol–water partition coefficient (Wildman–Crippen LogP) is 2.56. The molecule has 0 heterocycles. The lowest BCUT2D eigenvalue weighted by Crippen LogP contribution is -2.23. The fourth-order valence-electron chi connectivity index (χ4n) is 1.69. The topological polar surface area (TPSA) is 47.6 Å². The van der Waals surface area contributed by atoms with E-state index in [4.69, 9.17) is 9.47 Å². The third kappa shape index (κ3) is 6.57. The van der Waals surface area contributed by atoms with Crippen LogP contribution in [0.2, 0.25) is 0 Å². The summed E-state index contributed by atoms with van der Waals surface area (Å²) in [5, 5.41) is 3.20. The van der Waals surface area contributed by atoms with Crippen molar-refractivity contribution >= 4 is 5.97 Å². The molecule has 1 aromatic rings. The largest absolute Gasteiger partial charge is 0.482 e. The summed E-state index contributed by atoms with van der Waals surface area (Å²) in [6, 6.07) is 8.25. The van der Waals surface area contributed by atoms with Gasteiger partial charge < -0.3 is 14.8 Å².